The zero-order chi connectivity index (χ0) is 20.7. The molecule has 0 aliphatic carbocycles. The lowest BCUT2D eigenvalue weighted by Crippen LogP contribution is -1.87. The third-order valence-corrected chi connectivity index (χ3v) is 5.13. The van der Waals surface area contributed by atoms with E-state index in [1.807, 2.05) is 43.6 Å². The van der Waals surface area contributed by atoms with Crippen molar-refractivity contribution in [2.75, 3.05) is 0 Å². The second kappa shape index (κ2) is 7.04. The Morgan fingerprint density at radius 1 is 1.03 bits per heavy atom. The number of hydrogen-bond donors (Lipinski definition) is 4. The van der Waals surface area contributed by atoms with Crippen LogP contribution in [-0.4, -0.2) is 30.5 Å². The van der Waals surface area contributed by atoms with Gasteiger partial charge in [0.15, 0.2) is 0 Å². The van der Waals surface area contributed by atoms with Gasteiger partial charge in [-0.25, -0.2) is 4.39 Å². The van der Waals surface area contributed by atoms with Gasteiger partial charge in [-0.1, -0.05) is 12.1 Å². The second-order valence-electron chi connectivity index (χ2n) is 7.02. The van der Waals surface area contributed by atoms with Crippen molar-refractivity contribution >= 4 is 16.5 Å². The molecular weight excluding hydrogens is 381 g/mol. The highest BCUT2D eigenvalue weighted by molar-refractivity contribution is 5.95. The predicted molar refractivity (Wildman–Crippen MR) is 114 cm³/mol. The molecule has 5 aromatic rings. The first kappa shape index (κ1) is 17.9. The summed E-state index contributed by atoms with van der Waals surface area (Å²) in [7, 11) is 0. The number of nitrogens with one attached hydrogen (secondary N) is 3. The van der Waals surface area contributed by atoms with Crippen LogP contribution in [0.3, 0.4) is 0 Å². The van der Waals surface area contributed by atoms with Crippen LogP contribution in [-0.2, 0) is 0 Å². The number of hydrogen-bond acceptors (Lipinski definition) is 3. The van der Waals surface area contributed by atoms with Gasteiger partial charge in [0.25, 0.3) is 0 Å². The molecule has 0 aliphatic heterocycles. The van der Waals surface area contributed by atoms with Crippen molar-refractivity contribution in [3.8, 4) is 28.3 Å². The molecule has 3 aromatic heterocycles. The van der Waals surface area contributed by atoms with Gasteiger partial charge < -0.3 is 10.1 Å². The maximum absolute atomic E-state index is 13.8. The molecule has 5 rings (SSSR count). The molecule has 0 amide bonds. The summed E-state index contributed by atoms with van der Waals surface area (Å²) >= 11 is 0. The molecule has 0 spiro atoms. The minimum atomic E-state index is -0.481. The number of nitrogens with zero attached hydrogens (tertiary/aromatic N) is 2. The molecule has 4 N–H and O–H groups in total. The third kappa shape index (κ3) is 3.06. The molecular formula is C23H18FN5O. The zero-order valence-electron chi connectivity index (χ0n) is 16.1. The maximum atomic E-state index is 13.8. The van der Waals surface area contributed by atoms with E-state index in [2.05, 4.69) is 31.4 Å². The Morgan fingerprint density at radius 3 is 2.70 bits per heavy atom. The molecule has 0 fully saturated rings. The van der Waals surface area contributed by atoms with Crippen molar-refractivity contribution in [3.05, 3.63) is 84.1 Å². The van der Waals surface area contributed by atoms with E-state index in [9.17, 15) is 9.50 Å². The molecule has 0 saturated heterocycles. The molecule has 148 valence electrons. The average Bonchev–Trinajstić information content (AvgIpc) is 3.48. The van der Waals surface area contributed by atoms with Gasteiger partial charge in [-0.3, -0.25) is 10.2 Å². The molecule has 2 aromatic carbocycles. The topological polar surface area (TPSA) is 93.4 Å². The Morgan fingerprint density at radius 2 is 1.93 bits per heavy atom. The summed E-state index contributed by atoms with van der Waals surface area (Å²) in [6, 6.07) is 12.1. The fourth-order valence-corrected chi connectivity index (χ4v) is 3.72. The molecule has 3 heterocycles. The van der Waals surface area contributed by atoms with Crippen LogP contribution in [0.2, 0.25) is 0 Å². The Hall–Kier alpha value is -4.13. The number of allylic oxidation sites excluding steroid dienone is 1. The number of fused-ring (bicyclic) bond motifs is 1. The second-order valence-corrected chi connectivity index (χ2v) is 7.02. The number of phenols is 1. The summed E-state index contributed by atoms with van der Waals surface area (Å²) in [6.07, 6.45) is 7.37. The summed E-state index contributed by atoms with van der Waals surface area (Å²) < 4.78 is 13.8. The predicted octanol–water partition coefficient (Wildman–Crippen LogP) is 5.24. The van der Waals surface area contributed by atoms with Crippen molar-refractivity contribution in [3.63, 3.8) is 0 Å². The number of aromatic amines is 3. The van der Waals surface area contributed by atoms with Gasteiger partial charge in [-0.2, -0.15) is 10.2 Å². The van der Waals surface area contributed by atoms with Gasteiger partial charge in [-0.05, 0) is 54.0 Å². The number of rotatable bonds is 4. The smallest absolute Gasteiger partial charge is 0.127 e. The number of phenolic OH excluding ortho intramolecular Hbond substituents is 1. The van der Waals surface area contributed by atoms with Crippen LogP contribution in [0.15, 0.2) is 67.1 Å². The highest BCUT2D eigenvalue weighted by Crippen LogP contribution is 2.33. The van der Waals surface area contributed by atoms with E-state index in [1.165, 1.54) is 6.07 Å². The fraction of sp³-hybridized carbons (Fsp3) is 0.0435. The van der Waals surface area contributed by atoms with E-state index in [1.54, 1.807) is 12.3 Å². The van der Waals surface area contributed by atoms with Crippen molar-refractivity contribution in [2.24, 2.45) is 0 Å². The number of H-pyrrole nitrogens is 3. The zero-order valence-corrected chi connectivity index (χ0v) is 16.1. The number of aromatic nitrogens is 5. The van der Waals surface area contributed by atoms with Gasteiger partial charge in [0.1, 0.15) is 17.3 Å². The van der Waals surface area contributed by atoms with Crippen LogP contribution in [0.5, 0.6) is 5.75 Å². The quantitative estimate of drug-likeness (QED) is 0.333. The van der Waals surface area contributed by atoms with Gasteiger partial charge in [0.05, 0.1) is 17.4 Å². The molecule has 6 nitrogen and oxygen atoms in total. The summed E-state index contributed by atoms with van der Waals surface area (Å²) in [6.45, 7) is 1.88. The van der Waals surface area contributed by atoms with Crippen molar-refractivity contribution in [1.29, 1.82) is 0 Å². The lowest BCUT2D eigenvalue weighted by Gasteiger charge is -2.06. The minimum absolute atomic E-state index is 0.106. The first-order valence-electron chi connectivity index (χ1n) is 9.45. The largest absolute Gasteiger partial charge is 0.508 e. The van der Waals surface area contributed by atoms with E-state index >= 15 is 0 Å². The van der Waals surface area contributed by atoms with Crippen molar-refractivity contribution in [2.45, 2.75) is 6.92 Å². The summed E-state index contributed by atoms with van der Waals surface area (Å²) in [4.78, 5) is 3.27. The number of aromatic hydroxyl groups is 1. The molecule has 0 bridgehead atoms. The highest BCUT2D eigenvalue weighted by atomic mass is 19.1. The van der Waals surface area contributed by atoms with Crippen LogP contribution < -0.4 is 0 Å². The third-order valence-electron chi connectivity index (χ3n) is 5.13. The van der Waals surface area contributed by atoms with Gasteiger partial charge in [0.2, 0.25) is 0 Å². The van der Waals surface area contributed by atoms with E-state index in [-0.39, 0.29) is 5.75 Å². The Labute approximate surface area is 171 Å². The first-order valence-corrected chi connectivity index (χ1v) is 9.45. The molecule has 0 aliphatic rings. The van der Waals surface area contributed by atoms with Gasteiger partial charge in [0, 0.05) is 35.0 Å². The lowest BCUT2D eigenvalue weighted by molar-refractivity contribution is 0.469. The Bertz CT molecular complexity index is 1360. The fourth-order valence-electron chi connectivity index (χ4n) is 3.72. The SMILES string of the molecule is C/C=C(/c1cc(O)cc(F)c1)c1c[nH]c(-c2n[nH]c3ccc(-c4cn[nH]c4)cc23)c1. The van der Waals surface area contributed by atoms with E-state index in [0.29, 0.717) is 5.56 Å². The van der Waals surface area contributed by atoms with Crippen LogP contribution in [0, 0.1) is 5.82 Å². The number of benzene rings is 2. The van der Waals surface area contributed by atoms with E-state index in [4.69, 9.17) is 0 Å². The molecule has 7 heteroatoms. The van der Waals surface area contributed by atoms with Crippen LogP contribution in [0.25, 0.3) is 39.0 Å². The lowest BCUT2D eigenvalue weighted by atomic mass is 9.99. The monoisotopic (exact) mass is 399 g/mol. The van der Waals surface area contributed by atoms with Gasteiger partial charge >= 0.3 is 0 Å². The molecule has 0 radical (unpaired) electrons. The summed E-state index contributed by atoms with van der Waals surface area (Å²) in [5.41, 5.74) is 6.88. The highest BCUT2D eigenvalue weighted by Gasteiger charge is 2.14. The summed E-state index contributed by atoms with van der Waals surface area (Å²) in [5, 5.41) is 25.1. The number of halogens is 1. The van der Waals surface area contributed by atoms with Crippen molar-refractivity contribution < 1.29 is 9.50 Å². The van der Waals surface area contributed by atoms with E-state index < -0.39 is 5.82 Å². The van der Waals surface area contributed by atoms with Crippen molar-refractivity contribution in [1.82, 2.24) is 25.4 Å². The van der Waals surface area contributed by atoms with E-state index in [0.717, 1.165) is 50.6 Å². The normalized spacial score (nSPS) is 12.0. The molecule has 30 heavy (non-hydrogen) atoms. The van der Waals surface area contributed by atoms with Crippen LogP contribution >= 0.6 is 0 Å². The average molecular weight is 399 g/mol. The Balaban J connectivity index is 1.56. The van der Waals surface area contributed by atoms with Gasteiger partial charge in [-0.15, -0.1) is 0 Å². The molecule has 0 saturated carbocycles. The molecule has 0 atom stereocenters. The molecule has 0 unspecified atom stereocenters. The summed E-state index contributed by atoms with van der Waals surface area (Å²) in [5.74, 6) is -0.588. The van der Waals surface area contributed by atoms with Crippen LogP contribution in [0.4, 0.5) is 4.39 Å². The minimum Gasteiger partial charge on any atom is -0.508 e. The van der Waals surface area contributed by atoms with Crippen LogP contribution in [0.1, 0.15) is 18.1 Å². The standard InChI is InChI=1S/C23H18FN5O/c1-2-19(14-5-17(24)9-18(30)6-14)15-8-22(25-10-15)23-20-7-13(16-11-26-27-12-16)3-4-21(20)28-29-23/h2-12,25,30H,1H3,(H,26,27)(H,28,29)/b19-2-. The maximum Gasteiger partial charge on any atom is 0.127 e. The first-order chi connectivity index (χ1) is 14.6. The Kier molecular flexibility index (Phi) is 4.21.